The quantitative estimate of drug-likeness (QED) is 0.666. The second kappa shape index (κ2) is 8.06. The molecule has 1 aromatic carbocycles. The van der Waals surface area contributed by atoms with Crippen LogP contribution < -0.4 is 0 Å². The smallest absolute Gasteiger partial charge is 0.226 e. The molecule has 0 spiro atoms. The van der Waals surface area contributed by atoms with Crippen molar-refractivity contribution in [3.05, 3.63) is 47.6 Å². The van der Waals surface area contributed by atoms with Crippen LogP contribution in [0.25, 0.3) is 0 Å². The van der Waals surface area contributed by atoms with Gasteiger partial charge in [0, 0.05) is 20.1 Å². The van der Waals surface area contributed by atoms with Crippen molar-refractivity contribution >= 4 is 0 Å². The van der Waals surface area contributed by atoms with Crippen LogP contribution in [0.15, 0.2) is 34.9 Å². The zero-order valence-electron chi connectivity index (χ0n) is 13.5. The lowest BCUT2D eigenvalue weighted by Gasteiger charge is -2.18. The molecule has 0 fully saturated rings. The average Bonchev–Trinajstić information content (AvgIpc) is 2.98. The van der Waals surface area contributed by atoms with Gasteiger partial charge in [-0.25, -0.2) is 0 Å². The summed E-state index contributed by atoms with van der Waals surface area (Å²) in [5, 5.41) is 4.05. The predicted molar refractivity (Wildman–Crippen MR) is 83.6 cm³/mol. The van der Waals surface area contributed by atoms with E-state index in [1.807, 2.05) is 32.0 Å². The van der Waals surface area contributed by atoms with Gasteiger partial charge in [-0.1, -0.05) is 49.3 Å². The molecule has 2 aromatic rings. The third kappa shape index (κ3) is 4.93. The molecule has 5 nitrogen and oxygen atoms in total. The first-order chi connectivity index (χ1) is 10.6. The van der Waals surface area contributed by atoms with Gasteiger partial charge < -0.3 is 14.0 Å². The largest absolute Gasteiger partial charge is 0.384 e. The number of rotatable bonds is 9. The van der Waals surface area contributed by atoms with Gasteiger partial charge in [0.1, 0.15) is 0 Å². The Morgan fingerprint density at radius 1 is 1.18 bits per heavy atom. The summed E-state index contributed by atoms with van der Waals surface area (Å²) in [4.78, 5) is 4.44. The predicted octanol–water partition coefficient (Wildman–Crippen LogP) is 3.14. The molecule has 0 N–H and O–H groups in total. The minimum absolute atomic E-state index is 0.236. The fraction of sp³-hybridized carbons (Fsp3) is 0.529. The summed E-state index contributed by atoms with van der Waals surface area (Å²) >= 11 is 0. The monoisotopic (exact) mass is 304 g/mol. The molecule has 2 rings (SSSR count). The summed E-state index contributed by atoms with van der Waals surface area (Å²) in [5.41, 5.74) is 0.948. The molecule has 0 bridgehead atoms. The Morgan fingerprint density at radius 2 is 1.95 bits per heavy atom. The fourth-order valence-electron chi connectivity index (χ4n) is 2.15. The average molecular weight is 304 g/mol. The summed E-state index contributed by atoms with van der Waals surface area (Å²) in [6.07, 6.45) is 1.59. The Labute approximate surface area is 131 Å². The zero-order valence-corrected chi connectivity index (χ0v) is 13.5. The summed E-state index contributed by atoms with van der Waals surface area (Å²) < 4.78 is 16.1. The van der Waals surface area contributed by atoms with E-state index in [-0.39, 0.29) is 5.41 Å². The normalized spacial score (nSPS) is 11.8. The number of nitrogens with zero attached hydrogens (tertiary/aromatic N) is 2. The molecule has 5 heteroatoms. The van der Waals surface area contributed by atoms with Gasteiger partial charge >= 0.3 is 0 Å². The van der Waals surface area contributed by atoms with Crippen LogP contribution in [0.3, 0.4) is 0 Å². The standard InChI is InChI=1S/C17H24N2O3/c1-17(2,13-20-3)16-18-15(22-19-16)10-7-11-21-12-14-8-5-4-6-9-14/h4-6,8-9H,7,10-13H2,1-3H3. The Kier molecular flexibility index (Phi) is 6.10. The highest BCUT2D eigenvalue weighted by Gasteiger charge is 2.26. The van der Waals surface area contributed by atoms with Gasteiger partial charge in [0.25, 0.3) is 0 Å². The second-order valence-corrected chi connectivity index (χ2v) is 5.97. The van der Waals surface area contributed by atoms with Crippen molar-refractivity contribution in [2.24, 2.45) is 0 Å². The van der Waals surface area contributed by atoms with Crippen molar-refractivity contribution in [2.45, 2.75) is 38.7 Å². The minimum Gasteiger partial charge on any atom is -0.384 e. The maximum Gasteiger partial charge on any atom is 0.226 e. The van der Waals surface area contributed by atoms with Crippen LogP contribution in [0.1, 0.15) is 37.5 Å². The molecule has 0 radical (unpaired) electrons. The van der Waals surface area contributed by atoms with Gasteiger partial charge in [0.05, 0.1) is 18.6 Å². The van der Waals surface area contributed by atoms with E-state index in [0.29, 0.717) is 31.5 Å². The molecule has 120 valence electrons. The highest BCUT2D eigenvalue weighted by Crippen LogP contribution is 2.20. The van der Waals surface area contributed by atoms with E-state index in [2.05, 4.69) is 22.3 Å². The third-order valence-corrected chi connectivity index (χ3v) is 3.37. The van der Waals surface area contributed by atoms with Crippen LogP contribution in [-0.4, -0.2) is 30.5 Å². The van der Waals surface area contributed by atoms with E-state index in [0.717, 1.165) is 12.8 Å². The zero-order chi connectivity index (χ0) is 15.8. The van der Waals surface area contributed by atoms with E-state index in [4.69, 9.17) is 14.0 Å². The van der Waals surface area contributed by atoms with Crippen LogP contribution in [-0.2, 0) is 27.9 Å². The number of hydrogen-bond donors (Lipinski definition) is 0. The molecule has 0 unspecified atom stereocenters. The SMILES string of the molecule is COCC(C)(C)c1noc(CCCOCc2ccccc2)n1. The van der Waals surface area contributed by atoms with Gasteiger partial charge in [0.2, 0.25) is 5.89 Å². The lowest BCUT2D eigenvalue weighted by molar-refractivity contribution is 0.117. The van der Waals surface area contributed by atoms with Crippen LogP contribution in [0.5, 0.6) is 0 Å². The van der Waals surface area contributed by atoms with Crippen molar-refractivity contribution in [3.8, 4) is 0 Å². The molecule has 0 saturated carbocycles. The number of hydrogen-bond acceptors (Lipinski definition) is 5. The third-order valence-electron chi connectivity index (χ3n) is 3.37. The summed E-state index contributed by atoms with van der Waals surface area (Å²) in [5.74, 6) is 1.34. The Balaban J connectivity index is 1.70. The molecule has 0 amide bonds. The van der Waals surface area contributed by atoms with E-state index in [1.165, 1.54) is 5.56 Å². The van der Waals surface area contributed by atoms with Gasteiger partial charge in [-0.15, -0.1) is 0 Å². The van der Waals surface area contributed by atoms with Gasteiger partial charge in [0.15, 0.2) is 5.82 Å². The highest BCUT2D eigenvalue weighted by molar-refractivity contribution is 5.13. The van der Waals surface area contributed by atoms with Crippen LogP contribution >= 0.6 is 0 Å². The molecule has 1 aromatic heterocycles. The molecular formula is C17H24N2O3. The number of aromatic nitrogens is 2. The molecule has 0 aliphatic rings. The van der Waals surface area contributed by atoms with Gasteiger partial charge in [-0.2, -0.15) is 4.98 Å². The molecule has 0 aliphatic heterocycles. The van der Waals surface area contributed by atoms with Gasteiger partial charge in [-0.3, -0.25) is 0 Å². The summed E-state index contributed by atoms with van der Waals surface area (Å²) in [6, 6.07) is 10.1. The van der Waals surface area contributed by atoms with Crippen molar-refractivity contribution in [2.75, 3.05) is 20.3 Å². The number of methoxy groups -OCH3 is 1. The summed E-state index contributed by atoms with van der Waals surface area (Å²) in [6.45, 7) is 5.94. The number of ether oxygens (including phenoxy) is 2. The van der Waals surface area contributed by atoms with Crippen LogP contribution in [0, 0.1) is 0 Å². The van der Waals surface area contributed by atoms with E-state index >= 15 is 0 Å². The molecule has 0 saturated heterocycles. The fourth-order valence-corrected chi connectivity index (χ4v) is 2.15. The minimum atomic E-state index is -0.236. The van der Waals surface area contributed by atoms with Crippen molar-refractivity contribution in [1.29, 1.82) is 0 Å². The Morgan fingerprint density at radius 3 is 2.68 bits per heavy atom. The lowest BCUT2D eigenvalue weighted by Crippen LogP contribution is -2.25. The lowest BCUT2D eigenvalue weighted by atomic mass is 9.94. The first-order valence-corrected chi connectivity index (χ1v) is 7.55. The molecular weight excluding hydrogens is 280 g/mol. The second-order valence-electron chi connectivity index (χ2n) is 5.97. The number of aryl methyl sites for hydroxylation is 1. The van der Waals surface area contributed by atoms with Crippen molar-refractivity contribution in [1.82, 2.24) is 10.1 Å². The maximum atomic E-state index is 5.64. The Bertz CT molecular complexity index is 552. The van der Waals surface area contributed by atoms with Crippen LogP contribution in [0.4, 0.5) is 0 Å². The molecule has 1 heterocycles. The van der Waals surface area contributed by atoms with Gasteiger partial charge in [-0.05, 0) is 12.0 Å². The topological polar surface area (TPSA) is 57.4 Å². The first kappa shape index (κ1) is 16.6. The number of benzene rings is 1. The Hall–Kier alpha value is -1.72. The van der Waals surface area contributed by atoms with Crippen molar-refractivity contribution < 1.29 is 14.0 Å². The van der Waals surface area contributed by atoms with E-state index < -0.39 is 0 Å². The van der Waals surface area contributed by atoms with Crippen molar-refractivity contribution in [3.63, 3.8) is 0 Å². The van der Waals surface area contributed by atoms with E-state index in [1.54, 1.807) is 7.11 Å². The maximum absolute atomic E-state index is 5.64. The van der Waals surface area contributed by atoms with E-state index in [9.17, 15) is 0 Å². The van der Waals surface area contributed by atoms with Crippen LogP contribution in [0.2, 0.25) is 0 Å². The summed E-state index contributed by atoms with van der Waals surface area (Å²) in [7, 11) is 1.67. The first-order valence-electron chi connectivity index (χ1n) is 7.55. The highest BCUT2D eigenvalue weighted by atomic mass is 16.5. The molecule has 0 aliphatic carbocycles. The molecule has 0 atom stereocenters. The molecule has 22 heavy (non-hydrogen) atoms.